The number of esters is 1. The summed E-state index contributed by atoms with van der Waals surface area (Å²) >= 11 is 0. The van der Waals surface area contributed by atoms with Crippen LogP contribution in [0.15, 0.2) is 35.4 Å². The minimum atomic E-state index is -1.06. The molecule has 0 fully saturated rings. The number of aromatic nitrogens is 2. The van der Waals surface area contributed by atoms with Gasteiger partial charge in [0.15, 0.2) is 6.04 Å². The molecule has 2 N–H and O–H groups in total. The number of hydrogen-bond donors (Lipinski definition) is 2. The van der Waals surface area contributed by atoms with Crippen LogP contribution < -0.4 is 10.3 Å². The molecule has 31 heavy (non-hydrogen) atoms. The van der Waals surface area contributed by atoms with Gasteiger partial charge in [0.2, 0.25) is 0 Å². The van der Waals surface area contributed by atoms with Gasteiger partial charge in [0, 0.05) is 13.0 Å². The van der Waals surface area contributed by atoms with Gasteiger partial charge >= 0.3 is 11.9 Å². The maximum Gasteiger partial charge on any atom is 0.341 e. The molecule has 0 saturated heterocycles. The van der Waals surface area contributed by atoms with E-state index in [-0.39, 0.29) is 18.7 Å². The molecule has 1 aromatic carbocycles. The first-order valence-corrected chi connectivity index (χ1v) is 10.1. The molecule has 0 bridgehead atoms. The van der Waals surface area contributed by atoms with E-state index in [9.17, 15) is 19.5 Å². The van der Waals surface area contributed by atoms with Crippen LogP contribution in [0.5, 0.6) is 0 Å². The van der Waals surface area contributed by atoms with Crippen molar-refractivity contribution in [2.75, 3.05) is 12.1 Å². The Labute approximate surface area is 178 Å². The van der Waals surface area contributed by atoms with E-state index >= 15 is 0 Å². The summed E-state index contributed by atoms with van der Waals surface area (Å²) in [5.41, 5.74) is 2.35. The molecule has 10 heteroatoms. The number of carbonyl (C=O) groups excluding carboxylic acids is 2. The second-order valence-corrected chi connectivity index (χ2v) is 7.41. The van der Waals surface area contributed by atoms with E-state index in [2.05, 4.69) is 15.5 Å². The number of carbonyl (C=O) groups is 3. The van der Waals surface area contributed by atoms with Crippen molar-refractivity contribution < 1.29 is 24.2 Å². The molecule has 1 unspecified atom stereocenters. The summed E-state index contributed by atoms with van der Waals surface area (Å²) in [6, 6.07) is 7.87. The molecule has 1 amide bonds. The van der Waals surface area contributed by atoms with Gasteiger partial charge in [-0.25, -0.2) is 9.59 Å². The highest BCUT2D eigenvalue weighted by molar-refractivity contribution is 6.40. The van der Waals surface area contributed by atoms with Gasteiger partial charge in [0.25, 0.3) is 5.91 Å². The number of para-hydroxylation sites is 1. The van der Waals surface area contributed by atoms with Crippen LogP contribution in [-0.2, 0) is 33.8 Å². The van der Waals surface area contributed by atoms with E-state index in [1.54, 1.807) is 28.9 Å². The lowest BCUT2D eigenvalue weighted by Crippen LogP contribution is -2.35. The molecule has 10 nitrogen and oxygen atoms in total. The molecule has 0 radical (unpaired) electrons. The number of carboxylic acids is 1. The summed E-state index contributed by atoms with van der Waals surface area (Å²) in [6.07, 6.45) is 2.64. The number of amides is 1. The maximum atomic E-state index is 12.7. The molecule has 4 rings (SSSR count). The molecule has 1 atom stereocenters. The van der Waals surface area contributed by atoms with Crippen LogP contribution >= 0.6 is 0 Å². The van der Waals surface area contributed by atoms with E-state index in [0.29, 0.717) is 23.5 Å². The molecule has 0 spiro atoms. The first kappa shape index (κ1) is 20.6. The van der Waals surface area contributed by atoms with Gasteiger partial charge in [-0.05, 0) is 31.4 Å². The number of benzene rings is 1. The number of ether oxygens (including phenoxy) is 1. The van der Waals surface area contributed by atoms with Crippen LogP contribution in [0, 0.1) is 0 Å². The van der Waals surface area contributed by atoms with Gasteiger partial charge < -0.3 is 15.2 Å². The predicted octanol–water partition coefficient (Wildman–Crippen LogP) is 1.34. The lowest BCUT2D eigenvalue weighted by Gasteiger charge is -2.19. The number of aliphatic carboxylic acids is 1. The molecule has 2 aliphatic heterocycles. The van der Waals surface area contributed by atoms with Crippen LogP contribution in [0.25, 0.3) is 0 Å². The molecule has 3 heterocycles. The summed E-state index contributed by atoms with van der Waals surface area (Å²) in [4.78, 5) is 36.7. The van der Waals surface area contributed by atoms with Crippen molar-refractivity contribution in [1.82, 2.24) is 15.1 Å². The number of nitrogens with one attached hydrogen (secondary N) is 1. The molecule has 2 aliphatic rings. The van der Waals surface area contributed by atoms with Crippen LogP contribution in [0.3, 0.4) is 0 Å². The van der Waals surface area contributed by atoms with Crippen molar-refractivity contribution in [3.8, 4) is 0 Å². The number of carboxylic acid groups (broad SMARTS) is 1. The molecule has 0 aliphatic carbocycles. The third kappa shape index (κ3) is 4.00. The van der Waals surface area contributed by atoms with Crippen molar-refractivity contribution in [2.45, 2.75) is 44.8 Å². The minimum absolute atomic E-state index is 0.0192. The summed E-state index contributed by atoms with van der Waals surface area (Å²) in [5, 5.41) is 22.4. The van der Waals surface area contributed by atoms with Crippen LogP contribution in [-0.4, -0.2) is 51.6 Å². The van der Waals surface area contributed by atoms with Gasteiger partial charge in [-0.3, -0.25) is 14.5 Å². The van der Waals surface area contributed by atoms with Gasteiger partial charge in [-0.15, -0.1) is 0 Å². The highest BCUT2D eigenvalue weighted by Crippen LogP contribution is 2.25. The highest BCUT2D eigenvalue weighted by atomic mass is 16.5. The lowest BCUT2D eigenvalue weighted by molar-refractivity contribution is -0.138. The van der Waals surface area contributed by atoms with E-state index in [1.165, 1.54) is 12.1 Å². The largest absolute Gasteiger partial charge is 0.480 e. The van der Waals surface area contributed by atoms with E-state index in [0.717, 1.165) is 25.0 Å². The lowest BCUT2D eigenvalue weighted by atomic mass is 10.0. The fourth-order valence-corrected chi connectivity index (χ4v) is 3.93. The standard InChI is InChI=1S/C21H23N5O5/c1-31-21(30)18-15(23-25-10-6-5-9-16(18)25)12-22-19(27)14-11-17(20(28)29)26(24-14)13-7-3-2-4-8-13/h2-4,7-8,17H,5-6,9-12H2,1H3,(H,22,27)(H,28,29). The van der Waals surface area contributed by atoms with Gasteiger partial charge in [0.1, 0.15) is 11.3 Å². The Morgan fingerprint density at radius 1 is 1.23 bits per heavy atom. The van der Waals surface area contributed by atoms with Gasteiger partial charge in [-0.2, -0.15) is 10.2 Å². The van der Waals surface area contributed by atoms with Crippen molar-refractivity contribution >= 4 is 29.2 Å². The zero-order valence-corrected chi connectivity index (χ0v) is 17.1. The fourth-order valence-electron chi connectivity index (χ4n) is 3.93. The number of aryl methyl sites for hydroxylation is 1. The van der Waals surface area contributed by atoms with Crippen molar-refractivity contribution in [2.24, 2.45) is 5.10 Å². The topological polar surface area (TPSA) is 126 Å². The Morgan fingerprint density at radius 2 is 2.00 bits per heavy atom. The Balaban J connectivity index is 1.52. The molecule has 1 aromatic heterocycles. The van der Waals surface area contributed by atoms with Crippen molar-refractivity contribution in [1.29, 1.82) is 0 Å². The number of hydrazone groups is 1. The highest BCUT2D eigenvalue weighted by Gasteiger charge is 2.36. The van der Waals surface area contributed by atoms with Crippen LogP contribution in [0.4, 0.5) is 5.69 Å². The van der Waals surface area contributed by atoms with Crippen LogP contribution in [0.1, 0.15) is 41.0 Å². The number of hydrogen-bond acceptors (Lipinski definition) is 7. The molecule has 162 valence electrons. The van der Waals surface area contributed by atoms with Gasteiger partial charge in [-0.1, -0.05) is 18.2 Å². The SMILES string of the molecule is COC(=O)c1c(CNC(=O)C2=NN(c3ccccc3)C(C(=O)O)C2)nn2c1CCCC2. The minimum Gasteiger partial charge on any atom is -0.480 e. The number of nitrogens with zero attached hydrogens (tertiary/aromatic N) is 4. The number of anilines is 1. The third-order valence-corrected chi connectivity index (χ3v) is 5.45. The second-order valence-electron chi connectivity index (χ2n) is 7.41. The molecule has 2 aromatic rings. The normalized spacial score (nSPS) is 17.6. The summed E-state index contributed by atoms with van der Waals surface area (Å²) < 4.78 is 6.70. The fraction of sp³-hybridized carbons (Fsp3) is 0.381. The van der Waals surface area contributed by atoms with Crippen LogP contribution in [0.2, 0.25) is 0 Å². The van der Waals surface area contributed by atoms with E-state index in [4.69, 9.17) is 4.74 Å². The Hall–Kier alpha value is -3.69. The average Bonchev–Trinajstić information content (AvgIpc) is 3.40. The van der Waals surface area contributed by atoms with Crippen molar-refractivity contribution in [3.05, 3.63) is 47.3 Å². The van der Waals surface area contributed by atoms with Crippen molar-refractivity contribution in [3.63, 3.8) is 0 Å². The van der Waals surface area contributed by atoms with Gasteiger partial charge in [0.05, 0.1) is 30.7 Å². The third-order valence-electron chi connectivity index (χ3n) is 5.45. The number of fused-ring (bicyclic) bond motifs is 1. The molecule has 0 saturated carbocycles. The maximum absolute atomic E-state index is 12.7. The monoisotopic (exact) mass is 425 g/mol. The second kappa shape index (κ2) is 8.58. The smallest absolute Gasteiger partial charge is 0.341 e. The molecular formula is C21H23N5O5. The zero-order chi connectivity index (χ0) is 22.0. The summed E-state index contributed by atoms with van der Waals surface area (Å²) in [7, 11) is 1.31. The van der Waals surface area contributed by atoms with E-state index in [1.807, 2.05) is 6.07 Å². The quantitative estimate of drug-likeness (QED) is 0.669. The Kier molecular flexibility index (Phi) is 5.70. The average molecular weight is 425 g/mol. The molecular weight excluding hydrogens is 402 g/mol. The van der Waals surface area contributed by atoms with E-state index < -0.39 is 23.9 Å². The Bertz CT molecular complexity index is 1050. The first-order chi connectivity index (χ1) is 15.0. The summed E-state index contributed by atoms with van der Waals surface area (Å²) in [5.74, 6) is -2.04. The zero-order valence-electron chi connectivity index (χ0n) is 17.1. The number of rotatable bonds is 6. The summed E-state index contributed by atoms with van der Waals surface area (Å²) in [6.45, 7) is 0.734. The number of methoxy groups -OCH3 is 1. The first-order valence-electron chi connectivity index (χ1n) is 10.1. The predicted molar refractivity (Wildman–Crippen MR) is 111 cm³/mol. The Morgan fingerprint density at radius 3 is 2.71 bits per heavy atom.